The molecule has 0 radical (unpaired) electrons. The van der Waals surface area contributed by atoms with Crippen molar-refractivity contribution >= 4 is 37.5 Å². The highest BCUT2D eigenvalue weighted by molar-refractivity contribution is 9.10. The lowest BCUT2D eigenvalue weighted by molar-refractivity contribution is 0.565. The number of hydrogen-bond donors (Lipinski definition) is 1. The lowest BCUT2D eigenvalue weighted by Gasteiger charge is -2.33. The van der Waals surface area contributed by atoms with Crippen molar-refractivity contribution < 1.29 is 8.42 Å². The van der Waals surface area contributed by atoms with E-state index in [1.54, 1.807) is 6.07 Å². The van der Waals surface area contributed by atoms with Gasteiger partial charge < -0.3 is 10.6 Å². The van der Waals surface area contributed by atoms with Crippen LogP contribution < -0.4 is 10.6 Å². The van der Waals surface area contributed by atoms with Crippen molar-refractivity contribution in [2.24, 2.45) is 0 Å². The molecule has 0 aliphatic carbocycles. The van der Waals surface area contributed by atoms with Crippen molar-refractivity contribution in [2.75, 3.05) is 28.7 Å². The molecule has 1 aliphatic heterocycles. The van der Waals surface area contributed by atoms with Gasteiger partial charge in [-0.05, 0) is 22.9 Å². The van der Waals surface area contributed by atoms with Crippen LogP contribution in [0.5, 0.6) is 0 Å². The smallest absolute Gasteiger partial charge is 0.228 e. The van der Waals surface area contributed by atoms with Crippen LogP contribution in [0.25, 0.3) is 0 Å². The van der Waals surface area contributed by atoms with E-state index < -0.39 is 9.84 Å². The zero-order valence-electron chi connectivity index (χ0n) is 9.30. The second kappa shape index (κ2) is 4.41. The number of hydrogen-bond acceptors (Lipinski definition) is 6. The molecular formula is C9H13BrN4O2S. The third kappa shape index (κ3) is 2.86. The predicted molar refractivity (Wildman–Crippen MR) is 69.6 cm³/mol. The number of anilines is 2. The Balaban J connectivity index is 2.29. The molecule has 2 heterocycles. The fourth-order valence-electron chi connectivity index (χ4n) is 1.85. The maximum absolute atomic E-state index is 11.5. The zero-order valence-corrected chi connectivity index (χ0v) is 11.7. The standard InChI is InChI=1S/C9H13BrN4O2S/c1-6-5-17(15,16)3-2-14(6)9-12-7(10)4-8(11)13-9/h4,6H,2-3,5H2,1H3,(H2,11,12,13). The fourth-order valence-corrected chi connectivity index (χ4v) is 3.80. The molecule has 1 aromatic rings. The van der Waals surface area contributed by atoms with Gasteiger partial charge in [-0.25, -0.2) is 13.4 Å². The molecule has 0 bridgehead atoms. The summed E-state index contributed by atoms with van der Waals surface area (Å²) in [6.45, 7) is 2.25. The zero-order chi connectivity index (χ0) is 12.6. The van der Waals surface area contributed by atoms with Gasteiger partial charge >= 0.3 is 0 Å². The molecule has 0 spiro atoms. The summed E-state index contributed by atoms with van der Waals surface area (Å²) in [5.41, 5.74) is 5.64. The Labute approximate surface area is 108 Å². The second-order valence-electron chi connectivity index (χ2n) is 4.07. The number of aromatic nitrogens is 2. The minimum Gasteiger partial charge on any atom is -0.383 e. The summed E-state index contributed by atoms with van der Waals surface area (Å²) in [7, 11) is -2.93. The monoisotopic (exact) mass is 320 g/mol. The SMILES string of the molecule is CC1CS(=O)(=O)CCN1c1nc(N)cc(Br)n1. The Bertz CT molecular complexity index is 514. The Kier molecular flexibility index (Phi) is 3.26. The normalized spacial score (nSPS) is 23.6. The van der Waals surface area contributed by atoms with Crippen LogP contribution in [-0.4, -0.2) is 42.5 Å². The minimum absolute atomic E-state index is 0.128. The predicted octanol–water partition coefficient (Wildman–Crippen LogP) is 0.445. The Morgan fingerprint density at radius 2 is 2.24 bits per heavy atom. The van der Waals surface area contributed by atoms with Crippen LogP contribution in [-0.2, 0) is 9.84 Å². The van der Waals surface area contributed by atoms with E-state index in [1.807, 2.05) is 11.8 Å². The molecule has 1 aliphatic rings. The molecule has 94 valence electrons. The van der Waals surface area contributed by atoms with Crippen LogP contribution in [0.1, 0.15) is 6.92 Å². The molecule has 0 aromatic carbocycles. The summed E-state index contributed by atoms with van der Waals surface area (Å²) < 4.78 is 23.5. The Morgan fingerprint density at radius 3 is 2.82 bits per heavy atom. The first-order chi connectivity index (χ1) is 7.87. The molecule has 17 heavy (non-hydrogen) atoms. The van der Waals surface area contributed by atoms with E-state index in [0.29, 0.717) is 22.9 Å². The average Bonchev–Trinajstić information content (AvgIpc) is 2.13. The molecule has 1 saturated heterocycles. The number of halogens is 1. The van der Waals surface area contributed by atoms with Gasteiger partial charge in [0, 0.05) is 18.7 Å². The molecule has 1 fully saturated rings. The van der Waals surface area contributed by atoms with Crippen molar-refractivity contribution in [3.8, 4) is 0 Å². The summed E-state index contributed by atoms with van der Waals surface area (Å²) in [6.07, 6.45) is 0. The van der Waals surface area contributed by atoms with Gasteiger partial charge in [0.1, 0.15) is 10.4 Å². The van der Waals surface area contributed by atoms with E-state index in [2.05, 4.69) is 25.9 Å². The van der Waals surface area contributed by atoms with Crippen LogP contribution in [0, 0.1) is 0 Å². The third-order valence-corrected chi connectivity index (χ3v) is 4.83. The Hall–Kier alpha value is -0.890. The molecule has 0 amide bonds. The van der Waals surface area contributed by atoms with E-state index in [1.165, 1.54) is 0 Å². The maximum Gasteiger partial charge on any atom is 0.228 e. The Morgan fingerprint density at radius 1 is 1.53 bits per heavy atom. The molecule has 1 unspecified atom stereocenters. The van der Waals surface area contributed by atoms with E-state index in [-0.39, 0.29) is 17.5 Å². The minimum atomic E-state index is -2.93. The highest BCUT2D eigenvalue weighted by atomic mass is 79.9. The summed E-state index contributed by atoms with van der Waals surface area (Å²) in [6, 6.07) is 1.47. The molecule has 2 N–H and O–H groups in total. The molecule has 1 atom stereocenters. The topological polar surface area (TPSA) is 89.2 Å². The lowest BCUT2D eigenvalue weighted by atomic mass is 10.3. The van der Waals surface area contributed by atoms with Crippen LogP contribution in [0.15, 0.2) is 10.7 Å². The second-order valence-corrected chi connectivity index (χ2v) is 7.11. The van der Waals surface area contributed by atoms with Crippen molar-refractivity contribution in [1.29, 1.82) is 0 Å². The lowest BCUT2D eigenvalue weighted by Crippen LogP contribution is -2.47. The van der Waals surface area contributed by atoms with Crippen LogP contribution in [0.2, 0.25) is 0 Å². The van der Waals surface area contributed by atoms with Crippen molar-refractivity contribution in [3.63, 3.8) is 0 Å². The average molecular weight is 321 g/mol. The third-order valence-electron chi connectivity index (χ3n) is 2.63. The van der Waals surface area contributed by atoms with E-state index in [4.69, 9.17) is 5.73 Å². The van der Waals surface area contributed by atoms with Crippen molar-refractivity contribution in [2.45, 2.75) is 13.0 Å². The number of rotatable bonds is 1. The summed E-state index contributed by atoms with van der Waals surface area (Å²) in [4.78, 5) is 10.2. The van der Waals surface area contributed by atoms with Gasteiger partial charge in [-0.3, -0.25) is 0 Å². The fraction of sp³-hybridized carbons (Fsp3) is 0.556. The number of nitrogens with two attached hydrogens (primary N) is 1. The first-order valence-corrected chi connectivity index (χ1v) is 7.76. The van der Waals surface area contributed by atoms with Crippen molar-refractivity contribution in [1.82, 2.24) is 9.97 Å². The molecule has 0 saturated carbocycles. The molecular weight excluding hydrogens is 308 g/mol. The first-order valence-electron chi connectivity index (χ1n) is 5.14. The largest absolute Gasteiger partial charge is 0.383 e. The molecule has 6 nitrogen and oxygen atoms in total. The van der Waals surface area contributed by atoms with Gasteiger partial charge in [-0.15, -0.1) is 0 Å². The van der Waals surface area contributed by atoms with Gasteiger partial charge in [0.05, 0.1) is 11.5 Å². The van der Waals surface area contributed by atoms with Gasteiger partial charge in [-0.2, -0.15) is 4.98 Å². The van der Waals surface area contributed by atoms with Gasteiger partial charge in [0.2, 0.25) is 5.95 Å². The van der Waals surface area contributed by atoms with Gasteiger partial charge in [0.25, 0.3) is 0 Å². The summed E-state index contributed by atoms with van der Waals surface area (Å²) in [5.74, 6) is 1.09. The van der Waals surface area contributed by atoms with Crippen molar-refractivity contribution in [3.05, 3.63) is 10.7 Å². The highest BCUT2D eigenvalue weighted by Gasteiger charge is 2.29. The summed E-state index contributed by atoms with van der Waals surface area (Å²) >= 11 is 3.25. The van der Waals surface area contributed by atoms with Crippen LogP contribution in [0.3, 0.4) is 0 Å². The first kappa shape index (κ1) is 12.6. The molecule has 2 rings (SSSR count). The maximum atomic E-state index is 11.5. The van der Waals surface area contributed by atoms with Gasteiger partial charge in [0.15, 0.2) is 9.84 Å². The molecule has 1 aromatic heterocycles. The molecule has 8 heteroatoms. The van der Waals surface area contributed by atoms with E-state index >= 15 is 0 Å². The van der Waals surface area contributed by atoms with E-state index in [0.717, 1.165) is 0 Å². The van der Waals surface area contributed by atoms with Gasteiger partial charge in [-0.1, -0.05) is 0 Å². The number of nitrogens with zero attached hydrogens (tertiary/aromatic N) is 3. The van der Waals surface area contributed by atoms with E-state index in [9.17, 15) is 8.42 Å². The van der Waals surface area contributed by atoms with Crippen LogP contribution >= 0.6 is 15.9 Å². The number of sulfone groups is 1. The van der Waals surface area contributed by atoms with Crippen LogP contribution in [0.4, 0.5) is 11.8 Å². The summed E-state index contributed by atoms with van der Waals surface area (Å²) in [5, 5.41) is 0. The number of nitrogen functional groups attached to an aromatic ring is 1. The quantitative estimate of drug-likeness (QED) is 0.755. The highest BCUT2D eigenvalue weighted by Crippen LogP contribution is 2.21.